The molecule has 1 amide bonds. The van der Waals surface area contributed by atoms with E-state index in [0.29, 0.717) is 25.9 Å². The van der Waals surface area contributed by atoms with Gasteiger partial charge in [-0.3, -0.25) is 4.79 Å². The van der Waals surface area contributed by atoms with Crippen LogP contribution in [0, 0.1) is 0 Å². The van der Waals surface area contributed by atoms with Crippen LogP contribution >= 0.6 is 0 Å². The Balaban J connectivity index is 2.52. The predicted molar refractivity (Wildman–Crippen MR) is 79.9 cm³/mol. The molecular formula is C16H25NO3. The first kappa shape index (κ1) is 16.5. The van der Waals surface area contributed by atoms with E-state index in [4.69, 9.17) is 4.74 Å². The summed E-state index contributed by atoms with van der Waals surface area (Å²) in [6.45, 7) is 6.34. The summed E-state index contributed by atoms with van der Waals surface area (Å²) < 4.78 is 5.10. The molecule has 0 radical (unpaired) electrons. The van der Waals surface area contributed by atoms with Crippen LogP contribution in [0.1, 0.15) is 32.8 Å². The van der Waals surface area contributed by atoms with E-state index in [1.165, 1.54) is 0 Å². The minimum Gasteiger partial charge on any atom is -0.497 e. The molecule has 4 heteroatoms. The zero-order valence-electron chi connectivity index (χ0n) is 12.8. The smallest absolute Gasteiger partial charge is 0.222 e. The van der Waals surface area contributed by atoms with E-state index in [-0.39, 0.29) is 5.91 Å². The largest absolute Gasteiger partial charge is 0.497 e. The second-order valence-corrected chi connectivity index (χ2v) is 5.57. The van der Waals surface area contributed by atoms with Crippen LogP contribution in [0.15, 0.2) is 24.3 Å². The highest BCUT2D eigenvalue weighted by Gasteiger charge is 2.20. The number of amides is 1. The number of benzene rings is 1. The first-order valence-electron chi connectivity index (χ1n) is 6.99. The Kier molecular flexibility index (Phi) is 6.02. The number of aryl methyl sites for hydroxylation is 1. The normalized spacial score (nSPS) is 11.2. The first-order valence-corrected chi connectivity index (χ1v) is 6.99. The lowest BCUT2D eigenvalue weighted by molar-refractivity contribution is -0.133. The molecule has 0 aliphatic heterocycles. The van der Waals surface area contributed by atoms with Gasteiger partial charge in [0.05, 0.1) is 12.7 Å². The fraction of sp³-hybridized carbons (Fsp3) is 0.562. The third-order valence-corrected chi connectivity index (χ3v) is 3.10. The molecule has 0 aliphatic carbocycles. The van der Waals surface area contributed by atoms with E-state index in [2.05, 4.69) is 0 Å². The number of rotatable bonds is 7. The van der Waals surface area contributed by atoms with Crippen molar-refractivity contribution in [2.75, 3.05) is 20.2 Å². The number of hydrogen-bond donors (Lipinski definition) is 1. The van der Waals surface area contributed by atoms with Gasteiger partial charge in [-0.05, 0) is 44.9 Å². The molecule has 0 bridgehead atoms. The van der Waals surface area contributed by atoms with Crippen molar-refractivity contribution >= 4 is 5.91 Å². The lowest BCUT2D eigenvalue weighted by Crippen LogP contribution is -2.42. The van der Waals surface area contributed by atoms with Crippen molar-refractivity contribution in [3.63, 3.8) is 0 Å². The zero-order chi connectivity index (χ0) is 15.2. The highest BCUT2D eigenvalue weighted by Crippen LogP contribution is 2.13. The highest BCUT2D eigenvalue weighted by atomic mass is 16.5. The van der Waals surface area contributed by atoms with Gasteiger partial charge < -0.3 is 14.7 Å². The van der Waals surface area contributed by atoms with Crippen molar-refractivity contribution in [1.82, 2.24) is 4.90 Å². The minimum atomic E-state index is -0.855. The molecule has 0 saturated carbocycles. The van der Waals surface area contributed by atoms with Gasteiger partial charge in [-0.25, -0.2) is 0 Å². The van der Waals surface area contributed by atoms with Crippen molar-refractivity contribution in [3.05, 3.63) is 29.8 Å². The zero-order valence-corrected chi connectivity index (χ0v) is 12.8. The second-order valence-electron chi connectivity index (χ2n) is 5.57. The van der Waals surface area contributed by atoms with Crippen LogP contribution in [-0.4, -0.2) is 41.7 Å². The van der Waals surface area contributed by atoms with Crippen molar-refractivity contribution in [2.45, 2.75) is 39.2 Å². The summed E-state index contributed by atoms with van der Waals surface area (Å²) in [5, 5.41) is 9.80. The quantitative estimate of drug-likeness (QED) is 0.833. The van der Waals surface area contributed by atoms with Crippen LogP contribution in [-0.2, 0) is 11.2 Å². The maximum Gasteiger partial charge on any atom is 0.222 e. The number of carbonyl (C=O) groups is 1. The lowest BCUT2D eigenvalue weighted by Gasteiger charge is -2.28. The Morgan fingerprint density at radius 2 is 1.90 bits per heavy atom. The number of nitrogens with zero attached hydrogens (tertiary/aromatic N) is 1. The molecule has 1 rings (SSSR count). The molecule has 0 fully saturated rings. The average molecular weight is 279 g/mol. The molecule has 1 aromatic carbocycles. The lowest BCUT2D eigenvalue weighted by atomic mass is 10.1. The maximum absolute atomic E-state index is 12.1. The minimum absolute atomic E-state index is 0.0745. The van der Waals surface area contributed by atoms with Crippen LogP contribution in [0.4, 0.5) is 0 Å². The average Bonchev–Trinajstić information content (AvgIpc) is 2.41. The summed E-state index contributed by atoms with van der Waals surface area (Å²) in [5.74, 6) is 0.891. The Morgan fingerprint density at radius 1 is 1.30 bits per heavy atom. The molecule has 1 N–H and O–H groups in total. The summed E-state index contributed by atoms with van der Waals surface area (Å²) >= 11 is 0. The van der Waals surface area contributed by atoms with E-state index in [1.807, 2.05) is 31.2 Å². The second kappa shape index (κ2) is 7.29. The van der Waals surface area contributed by atoms with Crippen molar-refractivity contribution < 1.29 is 14.6 Å². The SMILES string of the molecule is CCN(CC(C)(C)O)C(=O)CCc1ccc(OC)cc1. The van der Waals surface area contributed by atoms with E-state index in [0.717, 1.165) is 11.3 Å². The number of aliphatic hydroxyl groups is 1. The molecule has 0 aliphatic rings. The van der Waals surface area contributed by atoms with Gasteiger partial charge in [0.2, 0.25) is 5.91 Å². The molecule has 0 heterocycles. The van der Waals surface area contributed by atoms with Gasteiger partial charge in [-0.1, -0.05) is 12.1 Å². The molecule has 20 heavy (non-hydrogen) atoms. The number of carbonyl (C=O) groups excluding carboxylic acids is 1. The number of methoxy groups -OCH3 is 1. The Hall–Kier alpha value is -1.55. The molecule has 1 aromatic rings. The van der Waals surface area contributed by atoms with Gasteiger partial charge in [0.25, 0.3) is 0 Å². The molecule has 0 aromatic heterocycles. The summed E-state index contributed by atoms with van der Waals surface area (Å²) in [6.07, 6.45) is 1.15. The van der Waals surface area contributed by atoms with Crippen LogP contribution < -0.4 is 4.74 Å². The van der Waals surface area contributed by atoms with Gasteiger partial charge in [0, 0.05) is 19.5 Å². The summed E-state index contributed by atoms with van der Waals surface area (Å²) in [5.41, 5.74) is 0.254. The van der Waals surface area contributed by atoms with E-state index in [1.54, 1.807) is 25.9 Å². The van der Waals surface area contributed by atoms with Gasteiger partial charge >= 0.3 is 0 Å². The monoisotopic (exact) mass is 279 g/mol. The van der Waals surface area contributed by atoms with Crippen LogP contribution in [0.2, 0.25) is 0 Å². The predicted octanol–water partition coefficient (Wildman–Crippen LogP) is 2.25. The fourth-order valence-electron chi connectivity index (χ4n) is 2.04. The summed E-state index contributed by atoms with van der Waals surface area (Å²) in [7, 11) is 1.63. The molecule has 0 atom stereocenters. The molecule has 112 valence electrons. The molecule has 4 nitrogen and oxygen atoms in total. The standard InChI is InChI=1S/C16H25NO3/c1-5-17(12-16(2,3)19)15(18)11-8-13-6-9-14(20-4)10-7-13/h6-7,9-10,19H,5,8,11-12H2,1-4H3. The van der Waals surface area contributed by atoms with E-state index >= 15 is 0 Å². The van der Waals surface area contributed by atoms with Gasteiger partial charge in [-0.15, -0.1) is 0 Å². The van der Waals surface area contributed by atoms with Crippen LogP contribution in [0.25, 0.3) is 0 Å². The van der Waals surface area contributed by atoms with E-state index in [9.17, 15) is 9.90 Å². The molecule has 0 saturated heterocycles. The topological polar surface area (TPSA) is 49.8 Å². The van der Waals surface area contributed by atoms with Crippen LogP contribution in [0.5, 0.6) is 5.75 Å². The summed E-state index contributed by atoms with van der Waals surface area (Å²) in [6, 6.07) is 7.74. The van der Waals surface area contributed by atoms with Crippen LogP contribution in [0.3, 0.4) is 0 Å². The van der Waals surface area contributed by atoms with Crippen molar-refractivity contribution in [2.24, 2.45) is 0 Å². The van der Waals surface area contributed by atoms with Crippen molar-refractivity contribution in [3.8, 4) is 5.75 Å². The number of likely N-dealkylation sites (N-methyl/N-ethyl adjacent to an activating group) is 1. The van der Waals surface area contributed by atoms with Gasteiger partial charge in [0.15, 0.2) is 0 Å². The number of ether oxygens (including phenoxy) is 1. The van der Waals surface area contributed by atoms with Crippen molar-refractivity contribution in [1.29, 1.82) is 0 Å². The number of hydrogen-bond acceptors (Lipinski definition) is 3. The highest BCUT2D eigenvalue weighted by molar-refractivity contribution is 5.76. The van der Waals surface area contributed by atoms with Gasteiger partial charge in [0.1, 0.15) is 5.75 Å². The third kappa shape index (κ3) is 5.61. The van der Waals surface area contributed by atoms with E-state index < -0.39 is 5.60 Å². The third-order valence-electron chi connectivity index (χ3n) is 3.10. The Morgan fingerprint density at radius 3 is 2.35 bits per heavy atom. The first-order chi connectivity index (χ1) is 9.35. The molecule has 0 unspecified atom stereocenters. The Bertz CT molecular complexity index is 420. The Labute approximate surface area is 121 Å². The fourth-order valence-corrected chi connectivity index (χ4v) is 2.04. The van der Waals surface area contributed by atoms with Gasteiger partial charge in [-0.2, -0.15) is 0 Å². The molecule has 0 spiro atoms. The molecular weight excluding hydrogens is 254 g/mol. The maximum atomic E-state index is 12.1. The summed E-state index contributed by atoms with van der Waals surface area (Å²) in [4.78, 5) is 13.8.